The summed E-state index contributed by atoms with van der Waals surface area (Å²) in [4.78, 5) is 25.4. The Hall–Kier alpha value is -3.14. The van der Waals surface area contributed by atoms with E-state index in [2.05, 4.69) is 30.3 Å². The molecule has 0 fully saturated rings. The molecule has 4 nitrogen and oxygen atoms in total. The molecular weight excluding hydrogens is 350 g/mol. The van der Waals surface area contributed by atoms with Crippen molar-refractivity contribution in [2.24, 2.45) is 0 Å². The van der Waals surface area contributed by atoms with Gasteiger partial charge in [0.2, 0.25) is 5.91 Å². The maximum atomic E-state index is 12.4. The minimum Gasteiger partial charge on any atom is -0.494 e. The number of nitrogens with zero attached hydrogens (tertiary/aromatic N) is 1. The van der Waals surface area contributed by atoms with Crippen molar-refractivity contribution >= 4 is 22.5 Å². The van der Waals surface area contributed by atoms with E-state index in [1.165, 1.54) is 17.7 Å². The molecule has 0 aromatic heterocycles. The average Bonchev–Trinajstić information content (AvgIpc) is 2.71. The van der Waals surface area contributed by atoms with Crippen LogP contribution < -0.4 is 4.74 Å². The van der Waals surface area contributed by atoms with E-state index in [1.54, 1.807) is 29.2 Å². The molecule has 0 heterocycles. The third kappa shape index (κ3) is 5.19. The van der Waals surface area contributed by atoms with Crippen LogP contribution in [0.1, 0.15) is 35.7 Å². The lowest BCUT2D eigenvalue weighted by atomic mass is 10.1. The Balaban J connectivity index is 1.44. The first kappa shape index (κ1) is 19.6. The van der Waals surface area contributed by atoms with E-state index in [-0.39, 0.29) is 11.7 Å². The van der Waals surface area contributed by atoms with Gasteiger partial charge in [-0.2, -0.15) is 0 Å². The molecule has 1 amide bonds. The van der Waals surface area contributed by atoms with E-state index < -0.39 is 0 Å². The molecule has 0 bridgehead atoms. The molecule has 0 aliphatic rings. The Labute approximate surface area is 165 Å². The van der Waals surface area contributed by atoms with Gasteiger partial charge in [-0.25, -0.2) is 0 Å². The first-order valence-electron chi connectivity index (χ1n) is 9.48. The molecule has 3 aromatic rings. The van der Waals surface area contributed by atoms with Gasteiger partial charge in [0.15, 0.2) is 5.78 Å². The van der Waals surface area contributed by atoms with Gasteiger partial charge in [0.1, 0.15) is 5.75 Å². The summed E-state index contributed by atoms with van der Waals surface area (Å²) in [6, 6.07) is 21.6. The second-order valence-electron chi connectivity index (χ2n) is 6.96. The summed E-state index contributed by atoms with van der Waals surface area (Å²) in [5.41, 5.74) is 1.79. The Morgan fingerprint density at radius 3 is 2.36 bits per heavy atom. The SMILES string of the molecule is CC(=O)c1ccc(OCCCC(=O)N(C)Cc2ccc3ccccc3c2)cc1. The van der Waals surface area contributed by atoms with E-state index in [0.717, 1.165) is 5.56 Å². The summed E-state index contributed by atoms with van der Waals surface area (Å²) < 4.78 is 5.66. The van der Waals surface area contributed by atoms with Gasteiger partial charge in [-0.05, 0) is 60.0 Å². The quantitative estimate of drug-likeness (QED) is 0.417. The Kier molecular flexibility index (Phi) is 6.43. The summed E-state index contributed by atoms with van der Waals surface area (Å²) in [6.07, 6.45) is 1.09. The Morgan fingerprint density at radius 1 is 0.929 bits per heavy atom. The number of carbonyl (C=O) groups excluding carboxylic acids is 2. The maximum absolute atomic E-state index is 12.4. The summed E-state index contributed by atoms with van der Waals surface area (Å²) >= 11 is 0. The van der Waals surface area contributed by atoms with Crippen molar-refractivity contribution in [3.05, 3.63) is 77.9 Å². The second-order valence-corrected chi connectivity index (χ2v) is 6.96. The smallest absolute Gasteiger partial charge is 0.222 e. The van der Waals surface area contributed by atoms with Crippen molar-refractivity contribution in [1.29, 1.82) is 0 Å². The van der Waals surface area contributed by atoms with Crippen LogP contribution in [0.25, 0.3) is 10.8 Å². The number of hydrogen-bond donors (Lipinski definition) is 0. The highest BCUT2D eigenvalue weighted by atomic mass is 16.5. The van der Waals surface area contributed by atoms with Gasteiger partial charge in [-0.1, -0.05) is 36.4 Å². The minimum absolute atomic E-state index is 0.0339. The van der Waals surface area contributed by atoms with E-state index >= 15 is 0 Å². The van der Waals surface area contributed by atoms with E-state index in [9.17, 15) is 9.59 Å². The molecule has 0 aliphatic heterocycles. The van der Waals surface area contributed by atoms with Gasteiger partial charge in [-0.15, -0.1) is 0 Å². The fourth-order valence-electron chi connectivity index (χ4n) is 3.09. The largest absolute Gasteiger partial charge is 0.494 e. The van der Waals surface area contributed by atoms with Crippen molar-refractivity contribution in [2.45, 2.75) is 26.3 Å². The molecule has 0 saturated carbocycles. The van der Waals surface area contributed by atoms with Gasteiger partial charge in [0, 0.05) is 25.6 Å². The van der Waals surface area contributed by atoms with E-state index in [4.69, 9.17) is 4.74 Å². The molecular formula is C24H25NO3. The zero-order valence-corrected chi connectivity index (χ0v) is 16.4. The van der Waals surface area contributed by atoms with Gasteiger partial charge in [-0.3, -0.25) is 9.59 Å². The third-order valence-electron chi connectivity index (χ3n) is 4.72. The molecule has 0 N–H and O–H groups in total. The highest BCUT2D eigenvalue weighted by Gasteiger charge is 2.10. The van der Waals surface area contributed by atoms with Crippen LogP contribution in [0.15, 0.2) is 66.7 Å². The highest BCUT2D eigenvalue weighted by Crippen LogP contribution is 2.17. The van der Waals surface area contributed by atoms with Crippen molar-refractivity contribution in [2.75, 3.05) is 13.7 Å². The summed E-state index contributed by atoms with van der Waals surface area (Å²) in [6.45, 7) is 2.60. The van der Waals surface area contributed by atoms with Gasteiger partial charge in [0.05, 0.1) is 6.61 Å². The normalized spacial score (nSPS) is 10.6. The molecule has 0 saturated heterocycles. The average molecular weight is 375 g/mol. The van der Waals surface area contributed by atoms with Gasteiger partial charge < -0.3 is 9.64 Å². The monoisotopic (exact) mass is 375 g/mol. The van der Waals surface area contributed by atoms with Crippen LogP contribution in [0.2, 0.25) is 0 Å². The number of carbonyl (C=O) groups is 2. The summed E-state index contributed by atoms with van der Waals surface area (Å²) in [5, 5.41) is 2.39. The van der Waals surface area contributed by atoms with Gasteiger partial charge >= 0.3 is 0 Å². The number of rotatable bonds is 8. The number of ketones is 1. The summed E-state index contributed by atoms with van der Waals surface area (Å²) in [7, 11) is 1.83. The molecule has 144 valence electrons. The van der Waals surface area contributed by atoms with Gasteiger partial charge in [0.25, 0.3) is 0 Å². The van der Waals surface area contributed by atoms with Crippen LogP contribution >= 0.6 is 0 Å². The Bertz CT molecular complexity index is 963. The van der Waals surface area contributed by atoms with Crippen LogP contribution in [0.5, 0.6) is 5.75 Å². The predicted octanol–water partition coefficient (Wildman–Crippen LogP) is 4.86. The molecule has 4 heteroatoms. The molecule has 0 unspecified atom stereocenters. The first-order chi connectivity index (χ1) is 13.5. The lowest BCUT2D eigenvalue weighted by Crippen LogP contribution is -2.26. The molecule has 0 radical (unpaired) electrons. The van der Waals surface area contributed by atoms with E-state index in [0.29, 0.717) is 37.3 Å². The summed E-state index contributed by atoms with van der Waals surface area (Å²) in [5.74, 6) is 0.845. The zero-order valence-electron chi connectivity index (χ0n) is 16.4. The van der Waals surface area contributed by atoms with Crippen LogP contribution in [-0.2, 0) is 11.3 Å². The number of Topliss-reactive ketones (excluding diaryl/α,β-unsaturated/α-hetero) is 1. The molecule has 28 heavy (non-hydrogen) atoms. The molecule has 3 rings (SSSR count). The minimum atomic E-state index is 0.0339. The molecule has 0 atom stereocenters. The topological polar surface area (TPSA) is 46.6 Å². The third-order valence-corrected chi connectivity index (χ3v) is 4.72. The number of benzene rings is 3. The molecule has 0 aliphatic carbocycles. The lowest BCUT2D eigenvalue weighted by molar-refractivity contribution is -0.130. The number of ether oxygens (including phenoxy) is 1. The van der Waals surface area contributed by atoms with E-state index in [1.807, 2.05) is 19.2 Å². The second kappa shape index (κ2) is 9.18. The zero-order chi connectivity index (χ0) is 19.9. The van der Waals surface area contributed by atoms with Crippen LogP contribution in [0.3, 0.4) is 0 Å². The van der Waals surface area contributed by atoms with Crippen molar-refractivity contribution in [1.82, 2.24) is 4.90 Å². The fourth-order valence-corrected chi connectivity index (χ4v) is 3.09. The fraction of sp³-hybridized carbons (Fsp3) is 0.250. The van der Waals surface area contributed by atoms with Crippen LogP contribution in [0.4, 0.5) is 0 Å². The van der Waals surface area contributed by atoms with Crippen molar-refractivity contribution < 1.29 is 14.3 Å². The predicted molar refractivity (Wildman–Crippen MR) is 112 cm³/mol. The van der Waals surface area contributed by atoms with Crippen LogP contribution in [-0.4, -0.2) is 30.2 Å². The lowest BCUT2D eigenvalue weighted by Gasteiger charge is -2.18. The van der Waals surface area contributed by atoms with Crippen molar-refractivity contribution in [3.8, 4) is 5.75 Å². The molecule has 0 spiro atoms. The molecule has 3 aromatic carbocycles. The standard InChI is InChI=1S/C24H25NO3/c1-18(26)20-11-13-23(14-12-20)28-15-5-8-24(27)25(2)17-19-9-10-21-6-3-4-7-22(21)16-19/h3-4,6-7,9-14,16H,5,8,15,17H2,1-2H3. The van der Waals surface area contributed by atoms with Crippen molar-refractivity contribution in [3.63, 3.8) is 0 Å². The number of amides is 1. The number of fused-ring (bicyclic) bond motifs is 1. The Morgan fingerprint density at radius 2 is 1.64 bits per heavy atom. The highest BCUT2D eigenvalue weighted by molar-refractivity contribution is 5.94. The van der Waals surface area contributed by atoms with Crippen LogP contribution in [0, 0.1) is 0 Å². The first-order valence-corrected chi connectivity index (χ1v) is 9.48. The number of hydrogen-bond acceptors (Lipinski definition) is 3. The maximum Gasteiger partial charge on any atom is 0.222 e.